The van der Waals surface area contributed by atoms with E-state index in [1.165, 1.54) is 0 Å². The van der Waals surface area contributed by atoms with Crippen molar-refractivity contribution in [3.63, 3.8) is 0 Å². The van der Waals surface area contributed by atoms with Crippen molar-refractivity contribution in [2.75, 3.05) is 13.1 Å². The molecule has 3 rings (SSSR count). The number of nitrogens with one attached hydrogen (secondary N) is 2. The van der Waals surface area contributed by atoms with Crippen LogP contribution in [0.15, 0.2) is 52.9 Å². The molecule has 0 aliphatic heterocycles. The molecule has 3 aromatic rings. The van der Waals surface area contributed by atoms with Gasteiger partial charge in [0.05, 0.1) is 6.54 Å². The number of carboxylic acid groups (broad SMARTS) is 1. The van der Waals surface area contributed by atoms with E-state index in [1.807, 2.05) is 49.4 Å². The van der Waals surface area contributed by atoms with Gasteiger partial charge in [-0.1, -0.05) is 43.3 Å². The number of aromatic nitrogens is 1. The second-order valence-corrected chi connectivity index (χ2v) is 7.10. The standard InChI is InChI=1S/C22H23N3O5/c1-14(9-10-23-22(28)29)11-20(27)24-13-18(26)21-25-17-12-16(7-8-19(17)30-21)15-5-3-2-4-6-15/h2-8,12,14,23H,9-11,13H2,1H3,(H,24,27)(H,28,29). The second kappa shape index (κ2) is 9.69. The fourth-order valence-electron chi connectivity index (χ4n) is 3.03. The van der Waals surface area contributed by atoms with Gasteiger partial charge in [-0.25, -0.2) is 9.78 Å². The van der Waals surface area contributed by atoms with Gasteiger partial charge in [0.2, 0.25) is 11.7 Å². The molecule has 1 unspecified atom stereocenters. The average Bonchev–Trinajstić information content (AvgIpc) is 3.16. The Hall–Kier alpha value is -3.68. The zero-order valence-corrected chi connectivity index (χ0v) is 16.6. The molecule has 156 valence electrons. The van der Waals surface area contributed by atoms with Gasteiger partial charge in [0.25, 0.3) is 5.89 Å². The molecule has 8 nitrogen and oxygen atoms in total. The minimum Gasteiger partial charge on any atom is -0.465 e. The number of ketones is 1. The van der Waals surface area contributed by atoms with Crippen LogP contribution in [0.1, 0.15) is 30.5 Å². The van der Waals surface area contributed by atoms with Crippen LogP contribution in [-0.2, 0) is 4.79 Å². The largest absolute Gasteiger partial charge is 0.465 e. The van der Waals surface area contributed by atoms with Crippen LogP contribution in [0.5, 0.6) is 0 Å². The predicted molar refractivity (Wildman–Crippen MR) is 111 cm³/mol. The van der Waals surface area contributed by atoms with Gasteiger partial charge in [-0.15, -0.1) is 0 Å². The quantitative estimate of drug-likeness (QED) is 0.465. The van der Waals surface area contributed by atoms with Crippen molar-refractivity contribution >= 4 is 28.9 Å². The molecule has 2 aromatic carbocycles. The lowest BCUT2D eigenvalue weighted by Crippen LogP contribution is -2.31. The third-order valence-electron chi connectivity index (χ3n) is 4.63. The van der Waals surface area contributed by atoms with E-state index in [0.29, 0.717) is 17.5 Å². The average molecular weight is 409 g/mol. The fourth-order valence-corrected chi connectivity index (χ4v) is 3.03. The molecule has 0 bridgehead atoms. The van der Waals surface area contributed by atoms with E-state index in [1.54, 1.807) is 6.07 Å². The number of hydrogen-bond acceptors (Lipinski definition) is 5. The summed E-state index contributed by atoms with van der Waals surface area (Å²) in [5, 5.41) is 13.4. The second-order valence-electron chi connectivity index (χ2n) is 7.10. The maximum absolute atomic E-state index is 12.4. The summed E-state index contributed by atoms with van der Waals surface area (Å²) in [6.45, 7) is 1.91. The Bertz CT molecular complexity index is 1050. The molecular formula is C22H23N3O5. The molecule has 1 atom stereocenters. The Morgan fingerprint density at radius 3 is 2.57 bits per heavy atom. The summed E-state index contributed by atoms with van der Waals surface area (Å²) in [6, 6.07) is 15.3. The van der Waals surface area contributed by atoms with Crippen LogP contribution in [0.4, 0.5) is 4.79 Å². The highest BCUT2D eigenvalue weighted by Crippen LogP contribution is 2.24. The minimum absolute atomic E-state index is 0.0207. The SMILES string of the molecule is CC(CCNC(=O)O)CC(=O)NCC(=O)c1nc2cc(-c3ccccc3)ccc2o1. The number of carbonyl (C=O) groups is 3. The van der Waals surface area contributed by atoms with E-state index in [4.69, 9.17) is 9.52 Å². The van der Waals surface area contributed by atoms with E-state index >= 15 is 0 Å². The van der Waals surface area contributed by atoms with E-state index in [0.717, 1.165) is 11.1 Å². The maximum Gasteiger partial charge on any atom is 0.404 e. The van der Waals surface area contributed by atoms with Crippen molar-refractivity contribution in [1.29, 1.82) is 0 Å². The number of benzene rings is 2. The van der Waals surface area contributed by atoms with Crippen molar-refractivity contribution in [2.45, 2.75) is 19.8 Å². The Labute approximate surface area is 173 Å². The van der Waals surface area contributed by atoms with Crippen molar-refractivity contribution in [2.24, 2.45) is 5.92 Å². The zero-order chi connectivity index (χ0) is 21.5. The number of Topliss-reactive ketones (excluding diaryl/α,β-unsaturated/α-hetero) is 1. The molecule has 0 saturated carbocycles. The summed E-state index contributed by atoms with van der Waals surface area (Å²) < 4.78 is 5.53. The molecule has 0 aliphatic rings. The van der Waals surface area contributed by atoms with Crippen LogP contribution in [0, 0.1) is 5.92 Å². The molecule has 0 saturated heterocycles. The van der Waals surface area contributed by atoms with Crippen LogP contribution >= 0.6 is 0 Å². The molecule has 0 spiro atoms. The summed E-state index contributed by atoms with van der Waals surface area (Å²) in [7, 11) is 0. The van der Waals surface area contributed by atoms with Gasteiger partial charge in [-0.3, -0.25) is 9.59 Å². The molecule has 8 heteroatoms. The van der Waals surface area contributed by atoms with Crippen molar-refractivity contribution < 1.29 is 23.9 Å². The summed E-state index contributed by atoms with van der Waals surface area (Å²) in [6.07, 6.45) is -0.364. The lowest BCUT2D eigenvalue weighted by atomic mass is 10.0. The lowest BCUT2D eigenvalue weighted by molar-refractivity contribution is -0.121. The minimum atomic E-state index is -1.09. The molecule has 30 heavy (non-hydrogen) atoms. The Balaban J connectivity index is 1.55. The van der Waals surface area contributed by atoms with Gasteiger partial charge in [0, 0.05) is 13.0 Å². The number of hydrogen-bond donors (Lipinski definition) is 3. The van der Waals surface area contributed by atoms with Gasteiger partial charge < -0.3 is 20.2 Å². The highest BCUT2D eigenvalue weighted by molar-refractivity contribution is 5.97. The first-order valence-corrected chi connectivity index (χ1v) is 9.65. The number of fused-ring (bicyclic) bond motifs is 1. The highest BCUT2D eigenvalue weighted by Gasteiger charge is 2.17. The molecule has 1 aromatic heterocycles. The van der Waals surface area contributed by atoms with Crippen LogP contribution in [0.3, 0.4) is 0 Å². The molecular weight excluding hydrogens is 386 g/mol. The van der Waals surface area contributed by atoms with Crippen LogP contribution in [-0.4, -0.2) is 41.0 Å². The third-order valence-corrected chi connectivity index (χ3v) is 4.63. The predicted octanol–water partition coefficient (Wildman–Crippen LogP) is 3.48. The monoisotopic (exact) mass is 409 g/mol. The number of carbonyl (C=O) groups excluding carboxylic acids is 2. The van der Waals surface area contributed by atoms with Crippen molar-refractivity contribution in [3.05, 3.63) is 54.4 Å². The summed E-state index contributed by atoms with van der Waals surface area (Å²) in [4.78, 5) is 39.1. The van der Waals surface area contributed by atoms with Gasteiger partial charge in [-0.05, 0) is 35.6 Å². The molecule has 3 N–H and O–H groups in total. The van der Waals surface area contributed by atoms with Crippen molar-refractivity contribution in [3.8, 4) is 11.1 Å². The Kier molecular flexibility index (Phi) is 6.79. The summed E-state index contributed by atoms with van der Waals surface area (Å²) in [5.41, 5.74) is 3.08. The Morgan fingerprint density at radius 2 is 1.83 bits per heavy atom. The van der Waals surface area contributed by atoms with Gasteiger partial charge >= 0.3 is 6.09 Å². The molecule has 2 amide bonds. The fraction of sp³-hybridized carbons (Fsp3) is 0.273. The third kappa shape index (κ3) is 5.66. The topological polar surface area (TPSA) is 122 Å². The highest BCUT2D eigenvalue weighted by atomic mass is 16.4. The van der Waals surface area contributed by atoms with E-state index in [-0.39, 0.29) is 37.2 Å². The van der Waals surface area contributed by atoms with Gasteiger partial charge in [0.1, 0.15) is 5.52 Å². The maximum atomic E-state index is 12.4. The van der Waals surface area contributed by atoms with Crippen LogP contribution in [0.2, 0.25) is 0 Å². The van der Waals surface area contributed by atoms with Crippen LogP contribution in [0.25, 0.3) is 22.2 Å². The normalized spacial score (nSPS) is 11.8. The Morgan fingerprint density at radius 1 is 1.07 bits per heavy atom. The van der Waals surface area contributed by atoms with Gasteiger partial charge in [-0.2, -0.15) is 0 Å². The molecule has 0 aliphatic carbocycles. The number of oxazole rings is 1. The lowest BCUT2D eigenvalue weighted by Gasteiger charge is -2.10. The number of nitrogens with zero attached hydrogens (tertiary/aromatic N) is 1. The zero-order valence-electron chi connectivity index (χ0n) is 16.6. The van der Waals surface area contributed by atoms with E-state index < -0.39 is 11.9 Å². The molecule has 0 fully saturated rings. The smallest absolute Gasteiger partial charge is 0.404 e. The van der Waals surface area contributed by atoms with Crippen LogP contribution < -0.4 is 10.6 Å². The number of amides is 2. The van der Waals surface area contributed by atoms with E-state index in [9.17, 15) is 14.4 Å². The van der Waals surface area contributed by atoms with E-state index in [2.05, 4.69) is 15.6 Å². The summed E-state index contributed by atoms with van der Waals surface area (Å²) in [5.74, 6) is -0.767. The first kappa shape index (κ1) is 21.0. The van der Waals surface area contributed by atoms with Crippen molar-refractivity contribution in [1.82, 2.24) is 15.6 Å². The van der Waals surface area contributed by atoms with Gasteiger partial charge in [0.15, 0.2) is 5.58 Å². The summed E-state index contributed by atoms with van der Waals surface area (Å²) >= 11 is 0. The molecule has 0 radical (unpaired) electrons. The molecule has 1 heterocycles. The number of rotatable bonds is 9. The first-order chi connectivity index (χ1) is 14.4. The first-order valence-electron chi connectivity index (χ1n) is 9.65.